The first-order valence-corrected chi connectivity index (χ1v) is 7.14. The number of hydrogen-bond acceptors (Lipinski definition) is 2. The van der Waals surface area contributed by atoms with Crippen LogP contribution in [0, 0.1) is 0 Å². The van der Waals surface area contributed by atoms with Gasteiger partial charge >= 0.3 is 0 Å². The zero-order valence-corrected chi connectivity index (χ0v) is 12.2. The maximum Gasteiger partial charge on any atom is 0.0568 e. The van der Waals surface area contributed by atoms with E-state index in [1.165, 1.54) is 5.56 Å². The molecule has 0 fully saturated rings. The summed E-state index contributed by atoms with van der Waals surface area (Å²) in [4.78, 5) is 0. The van der Waals surface area contributed by atoms with E-state index >= 15 is 0 Å². The lowest BCUT2D eigenvalue weighted by Crippen LogP contribution is -2.12. The van der Waals surface area contributed by atoms with Crippen molar-refractivity contribution < 1.29 is 0 Å². The average molecular weight is 278 g/mol. The SMILES string of the molecule is CCCn1cc(-c2ccc(Cl)c(CNCC)c2)cn1. The highest BCUT2D eigenvalue weighted by Gasteiger charge is 2.05. The second-order valence-electron chi connectivity index (χ2n) is 4.58. The van der Waals surface area contributed by atoms with E-state index in [0.717, 1.165) is 42.2 Å². The Kier molecular flexibility index (Phi) is 5.00. The lowest BCUT2D eigenvalue weighted by Gasteiger charge is -2.07. The summed E-state index contributed by atoms with van der Waals surface area (Å²) in [6.45, 7) is 6.93. The van der Waals surface area contributed by atoms with Crippen molar-refractivity contribution in [3.05, 3.63) is 41.2 Å². The summed E-state index contributed by atoms with van der Waals surface area (Å²) < 4.78 is 1.98. The van der Waals surface area contributed by atoms with E-state index in [2.05, 4.69) is 36.5 Å². The van der Waals surface area contributed by atoms with Crippen LogP contribution in [0.2, 0.25) is 5.02 Å². The second kappa shape index (κ2) is 6.73. The fraction of sp³-hybridized carbons (Fsp3) is 0.400. The molecule has 0 aliphatic rings. The van der Waals surface area contributed by atoms with Gasteiger partial charge in [0.1, 0.15) is 0 Å². The first-order valence-electron chi connectivity index (χ1n) is 6.76. The van der Waals surface area contributed by atoms with Gasteiger partial charge in [0.25, 0.3) is 0 Å². The average Bonchev–Trinajstić information content (AvgIpc) is 2.87. The number of halogens is 1. The van der Waals surface area contributed by atoms with Crippen molar-refractivity contribution in [2.45, 2.75) is 33.4 Å². The number of benzene rings is 1. The summed E-state index contributed by atoms with van der Waals surface area (Å²) in [7, 11) is 0. The molecule has 0 atom stereocenters. The third kappa shape index (κ3) is 3.58. The van der Waals surface area contributed by atoms with E-state index in [0.29, 0.717) is 0 Å². The van der Waals surface area contributed by atoms with Crippen molar-refractivity contribution in [2.75, 3.05) is 6.54 Å². The Bertz CT molecular complexity index is 534. The van der Waals surface area contributed by atoms with E-state index in [-0.39, 0.29) is 0 Å². The largest absolute Gasteiger partial charge is 0.313 e. The zero-order valence-electron chi connectivity index (χ0n) is 11.5. The summed E-state index contributed by atoms with van der Waals surface area (Å²) in [5.74, 6) is 0. The molecule has 0 saturated carbocycles. The Morgan fingerprint density at radius 2 is 2.11 bits per heavy atom. The molecule has 0 aliphatic carbocycles. The van der Waals surface area contributed by atoms with Gasteiger partial charge < -0.3 is 5.32 Å². The van der Waals surface area contributed by atoms with Gasteiger partial charge in [-0.1, -0.05) is 31.5 Å². The van der Waals surface area contributed by atoms with Crippen LogP contribution in [0.4, 0.5) is 0 Å². The Labute approximate surface area is 119 Å². The summed E-state index contributed by atoms with van der Waals surface area (Å²) in [6.07, 6.45) is 5.09. The van der Waals surface area contributed by atoms with Gasteiger partial charge in [0.2, 0.25) is 0 Å². The Morgan fingerprint density at radius 1 is 1.26 bits per heavy atom. The molecule has 2 aromatic rings. The summed E-state index contributed by atoms with van der Waals surface area (Å²) >= 11 is 6.21. The molecule has 1 aromatic carbocycles. The smallest absolute Gasteiger partial charge is 0.0568 e. The number of hydrogen-bond donors (Lipinski definition) is 1. The molecular weight excluding hydrogens is 258 g/mol. The molecule has 0 unspecified atom stereocenters. The van der Waals surface area contributed by atoms with Gasteiger partial charge in [-0.2, -0.15) is 5.10 Å². The normalized spacial score (nSPS) is 10.9. The van der Waals surface area contributed by atoms with Gasteiger partial charge in [0.05, 0.1) is 6.20 Å². The van der Waals surface area contributed by atoms with E-state index in [1.807, 2.05) is 23.0 Å². The molecule has 0 radical (unpaired) electrons. The van der Waals surface area contributed by atoms with Crippen LogP contribution < -0.4 is 5.32 Å². The summed E-state index contributed by atoms with van der Waals surface area (Å²) in [5, 5.41) is 8.48. The van der Waals surface area contributed by atoms with Crippen molar-refractivity contribution in [1.29, 1.82) is 0 Å². The van der Waals surface area contributed by atoms with Crippen LogP contribution in [0.25, 0.3) is 11.1 Å². The standard InChI is InChI=1S/C15H20ClN3/c1-3-7-19-11-14(10-18-19)12-5-6-15(16)13(8-12)9-17-4-2/h5-6,8,10-11,17H,3-4,7,9H2,1-2H3. The van der Waals surface area contributed by atoms with E-state index in [1.54, 1.807) is 0 Å². The summed E-state index contributed by atoms with van der Waals surface area (Å²) in [5.41, 5.74) is 3.44. The second-order valence-corrected chi connectivity index (χ2v) is 4.99. The molecule has 4 heteroatoms. The fourth-order valence-electron chi connectivity index (χ4n) is 2.01. The molecule has 0 amide bonds. The molecule has 0 aliphatic heterocycles. The predicted molar refractivity (Wildman–Crippen MR) is 80.3 cm³/mol. The molecule has 1 heterocycles. The van der Waals surface area contributed by atoms with Crippen LogP contribution in [-0.2, 0) is 13.1 Å². The number of nitrogens with one attached hydrogen (secondary N) is 1. The number of nitrogens with zero attached hydrogens (tertiary/aromatic N) is 2. The molecule has 0 spiro atoms. The van der Waals surface area contributed by atoms with Gasteiger partial charge in [-0.05, 0) is 36.2 Å². The number of aromatic nitrogens is 2. The highest BCUT2D eigenvalue weighted by molar-refractivity contribution is 6.31. The zero-order chi connectivity index (χ0) is 13.7. The van der Waals surface area contributed by atoms with Crippen molar-refractivity contribution in [1.82, 2.24) is 15.1 Å². The van der Waals surface area contributed by atoms with E-state index in [9.17, 15) is 0 Å². The molecular formula is C15H20ClN3. The van der Waals surface area contributed by atoms with Crippen LogP contribution >= 0.6 is 11.6 Å². The van der Waals surface area contributed by atoms with Crippen LogP contribution in [0.1, 0.15) is 25.8 Å². The lowest BCUT2D eigenvalue weighted by atomic mass is 10.1. The Balaban J connectivity index is 2.23. The number of aryl methyl sites for hydroxylation is 1. The maximum absolute atomic E-state index is 6.21. The topological polar surface area (TPSA) is 29.9 Å². The van der Waals surface area contributed by atoms with Crippen molar-refractivity contribution >= 4 is 11.6 Å². The fourth-order valence-corrected chi connectivity index (χ4v) is 2.20. The van der Waals surface area contributed by atoms with Crippen molar-refractivity contribution in [2.24, 2.45) is 0 Å². The molecule has 1 aromatic heterocycles. The van der Waals surface area contributed by atoms with Gasteiger partial charge in [0, 0.05) is 29.9 Å². The highest BCUT2D eigenvalue weighted by Crippen LogP contribution is 2.25. The highest BCUT2D eigenvalue weighted by atomic mass is 35.5. The molecule has 0 bridgehead atoms. The minimum absolute atomic E-state index is 0.798. The van der Waals surface area contributed by atoms with Crippen LogP contribution in [0.15, 0.2) is 30.6 Å². The maximum atomic E-state index is 6.21. The first kappa shape index (κ1) is 14.1. The van der Waals surface area contributed by atoms with Gasteiger partial charge in [-0.15, -0.1) is 0 Å². The van der Waals surface area contributed by atoms with Crippen molar-refractivity contribution in [3.63, 3.8) is 0 Å². The molecule has 3 nitrogen and oxygen atoms in total. The van der Waals surface area contributed by atoms with Crippen LogP contribution in [0.3, 0.4) is 0 Å². The van der Waals surface area contributed by atoms with Gasteiger partial charge in [-0.3, -0.25) is 4.68 Å². The summed E-state index contributed by atoms with van der Waals surface area (Å²) in [6, 6.07) is 6.14. The molecule has 2 rings (SSSR count). The van der Waals surface area contributed by atoms with Crippen LogP contribution in [0.5, 0.6) is 0 Å². The monoisotopic (exact) mass is 277 g/mol. The van der Waals surface area contributed by atoms with Gasteiger partial charge in [-0.25, -0.2) is 0 Å². The van der Waals surface area contributed by atoms with E-state index < -0.39 is 0 Å². The van der Waals surface area contributed by atoms with Gasteiger partial charge in [0.15, 0.2) is 0 Å². The molecule has 1 N–H and O–H groups in total. The lowest BCUT2D eigenvalue weighted by molar-refractivity contribution is 0.603. The minimum Gasteiger partial charge on any atom is -0.313 e. The molecule has 0 saturated heterocycles. The predicted octanol–water partition coefficient (Wildman–Crippen LogP) is 3.72. The van der Waals surface area contributed by atoms with Crippen molar-refractivity contribution in [3.8, 4) is 11.1 Å². The Morgan fingerprint density at radius 3 is 2.84 bits per heavy atom. The molecule has 19 heavy (non-hydrogen) atoms. The Hall–Kier alpha value is -1.32. The number of rotatable bonds is 6. The third-order valence-electron chi connectivity index (χ3n) is 3.03. The van der Waals surface area contributed by atoms with Crippen LogP contribution in [-0.4, -0.2) is 16.3 Å². The minimum atomic E-state index is 0.798. The first-order chi connectivity index (χ1) is 9.24. The molecule has 102 valence electrons. The van der Waals surface area contributed by atoms with E-state index in [4.69, 9.17) is 11.6 Å². The third-order valence-corrected chi connectivity index (χ3v) is 3.40. The quantitative estimate of drug-likeness (QED) is 0.872.